The maximum absolute atomic E-state index is 14.8. The van der Waals surface area contributed by atoms with Crippen LogP contribution in [-0.4, -0.2) is 109 Å². The molecule has 17 nitrogen and oxygen atoms in total. The van der Waals surface area contributed by atoms with Crippen LogP contribution in [0.3, 0.4) is 0 Å². The Bertz CT molecular complexity index is 3100. The Hall–Kier alpha value is -5.95. The van der Waals surface area contributed by atoms with Crippen LogP contribution in [0.1, 0.15) is 117 Å². The first-order valence-electron chi connectivity index (χ1n) is 26.5. The number of nitrogens with zero attached hydrogens (tertiary/aromatic N) is 5. The maximum atomic E-state index is 14.8. The predicted molar refractivity (Wildman–Crippen MR) is 276 cm³/mol. The highest BCUT2D eigenvalue weighted by Crippen LogP contribution is 2.55. The summed E-state index contributed by atoms with van der Waals surface area (Å²) >= 11 is 0. The molecule has 8 aliphatic rings. The number of likely N-dealkylation sites (tertiary alicyclic amines) is 1. The fourth-order valence-electron chi connectivity index (χ4n) is 13.6. The van der Waals surface area contributed by atoms with Gasteiger partial charge in [-0.25, -0.2) is 13.1 Å². The first-order chi connectivity index (χ1) is 35.3. The van der Waals surface area contributed by atoms with Gasteiger partial charge in [0.25, 0.3) is 21.6 Å². The fourth-order valence-corrected chi connectivity index (χ4v) is 14.6. The standard InChI is InChI=1S/C55H64N8O9S/c1-54(65)15-12-34(13-16-54)43-31-71-48-26-39(25-46(63(66)67)50(48)57-43)73(68,69)59-52(64)42-11-10-37(24-45(42)62-29-36-30-70-32-49(36)72-53-47(62)23-35-14-19-56-51(35)58-53)60-21-17-55(18-22-60)27-38(28-55)61-20-4-7-44(61)41-6-3-2-5-40(41)33-8-9-33/h2-3,5-6,10-11,14,19,23-26,33-34,36,38,43-44,49,57,65H,4,7-9,12-13,15-18,20-22,27-32H2,1H3,(H,56,58)(H,59,64)/t34?,36-,43+,44+,49-,54?/m1/s1. The minimum Gasteiger partial charge on any atom is -0.489 e. The second kappa shape index (κ2) is 17.9. The number of fused-ring (bicyclic) bond motifs is 4. The number of piperidine rings is 1. The van der Waals surface area contributed by atoms with Crippen molar-refractivity contribution in [2.24, 2.45) is 17.3 Å². The zero-order valence-corrected chi connectivity index (χ0v) is 42.1. The summed E-state index contributed by atoms with van der Waals surface area (Å²) in [6.45, 7) is 6.05. The van der Waals surface area contributed by atoms with E-state index in [0.717, 1.165) is 55.5 Å². The summed E-state index contributed by atoms with van der Waals surface area (Å²) in [5.74, 6) is 0.241. The number of nitro groups is 1. The Kier molecular flexibility index (Phi) is 11.5. The van der Waals surface area contributed by atoms with Gasteiger partial charge in [-0.1, -0.05) is 24.3 Å². The second-order valence-corrected chi connectivity index (χ2v) is 24.4. The Morgan fingerprint density at radius 2 is 1.70 bits per heavy atom. The lowest BCUT2D eigenvalue weighted by atomic mass is 9.59. The van der Waals surface area contributed by atoms with Gasteiger partial charge in [-0.2, -0.15) is 4.98 Å². The molecule has 6 fully saturated rings. The van der Waals surface area contributed by atoms with E-state index < -0.39 is 37.0 Å². The zero-order chi connectivity index (χ0) is 49.8. The van der Waals surface area contributed by atoms with Crippen molar-refractivity contribution in [1.82, 2.24) is 19.6 Å². The van der Waals surface area contributed by atoms with E-state index >= 15 is 0 Å². The molecule has 4 N–H and O–H groups in total. The summed E-state index contributed by atoms with van der Waals surface area (Å²) in [6.07, 6.45) is 13.8. The highest BCUT2D eigenvalue weighted by atomic mass is 32.2. The lowest BCUT2D eigenvalue weighted by Gasteiger charge is -2.56. The van der Waals surface area contributed by atoms with Crippen molar-refractivity contribution in [2.75, 3.05) is 61.1 Å². The lowest BCUT2D eigenvalue weighted by molar-refractivity contribution is -0.384. The minimum atomic E-state index is -4.70. The summed E-state index contributed by atoms with van der Waals surface area (Å²) in [6, 6.07) is 21.7. The molecular weight excluding hydrogens is 949 g/mol. The molecule has 5 aliphatic heterocycles. The number of benzene rings is 3. The van der Waals surface area contributed by atoms with Crippen LogP contribution in [0, 0.1) is 27.4 Å². The number of hydrogen-bond acceptors (Lipinski definition) is 14. The van der Waals surface area contributed by atoms with Crippen molar-refractivity contribution < 1.29 is 37.5 Å². The van der Waals surface area contributed by atoms with Gasteiger partial charge in [-0.05, 0) is 149 Å². The van der Waals surface area contributed by atoms with Gasteiger partial charge in [0.05, 0.1) is 45.9 Å². The van der Waals surface area contributed by atoms with Crippen LogP contribution < -0.4 is 29.3 Å². The van der Waals surface area contributed by atoms with Crippen molar-refractivity contribution >= 4 is 55.4 Å². The Morgan fingerprint density at radius 1 is 0.904 bits per heavy atom. The molecule has 1 spiro atoms. The number of carbonyl (C=O) groups is 1. The van der Waals surface area contributed by atoms with Crippen molar-refractivity contribution in [3.05, 3.63) is 99.7 Å². The fraction of sp³-hybridized carbons (Fsp3) is 0.527. The molecule has 3 saturated carbocycles. The van der Waals surface area contributed by atoms with E-state index in [1.807, 2.05) is 42.3 Å². The smallest absolute Gasteiger partial charge is 0.297 e. The number of sulfonamides is 1. The van der Waals surface area contributed by atoms with E-state index in [-0.39, 0.29) is 47.6 Å². The number of H-pyrrole nitrogens is 1. The van der Waals surface area contributed by atoms with Gasteiger partial charge in [0.1, 0.15) is 24.0 Å². The third kappa shape index (κ3) is 8.64. The number of hydrogen-bond donors (Lipinski definition) is 4. The average molecular weight is 1010 g/mol. The highest BCUT2D eigenvalue weighted by molar-refractivity contribution is 7.90. The predicted octanol–water partition coefficient (Wildman–Crippen LogP) is 8.71. The first kappa shape index (κ1) is 46.8. The molecule has 3 aliphatic carbocycles. The number of ether oxygens (including phenoxy) is 3. The van der Waals surface area contributed by atoms with Gasteiger partial charge >= 0.3 is 0 Å². The van der Waals surface area contributed by atoms with Crippen molar-refractivity contribution in [1.29, 1.82) is 0 Å². The maximum Gasteiger partial charge on any atom is 0.297 e. The second-order valence-electron chi connectivity index (χ2n) is 22.7. The molecule has 13 rings (SSSR count). The van der Waals surface area contributed by atoms with Gasteiger partial charge in [0.2, 0.25) is 5.88 Å². The summed E-state index contributed by atoms with van der Waals surface area (Å²) in [7, 11) is -4.70. The van der Waals surface area contributed by atoms with E-state index in [1.165, 1.54) is 44.6 Å². The number of nitro benzene ring substituents is 1. The number of aromatic nitrogens is 2. The molecule has 384 valence electrons. The summed E-state index contributed by atoms with van der Waals surface area (Å²) in [5, 5.41) is 27.2. The van der Waals surface area contributed by atoms with Gasteiger partial charge in [0, 0.05) is 67.0 Å². The first-order valence-corrected chi connectivity index (χ1v) is 28.0. The highest BCUT2D eigenvalue weighted by Gasteiger charge is 2.50. The van der Waals surface area contributed by atoms with E-state index in [2.05, 4.69) is 49.1 Å². The zero-order valence-electron chi connectivity index (χ0n) is 41.3. The molecule has 4 atom stereocenters. The number of aliphatic hydroxyl groups is 1. The Balaban J connectivity index is 0.782. The molecule has 0 bridgehead atoms. The number of aromatic amines is 1. The van der Waals surface area contributed by atoms with E-state index in [4.69, 9.17) is 19.2 Å². The van der Waals surface area contributed by atoms with Gasteiger partial charge < -0.3 is 39.4 Å². The van der Waals surface area contributed by atoms with Crippen LogP contribution in [0.5, 0.6) is 11.6 Å². The third-order valence-corrected chi connectivity index (χ3v) is 19.3. The molecular formula is C55H64N8O9S. The lowest BCUT2D eigenvalue weighted by Crippen LogP contribution is -2.55. The van der Waals surface area contributed by atoms with Gasteiger partial charge in [-0.3, -0.25) is 19.8 Å². The van der Waals surface area contributed by atoms with E-state index in [0.29, 0.717) is 85.8 Å². The van der Waals surface area contributed by atoms with Crippen molar-refractivity contribution in [3.8, 4) is 11.6 Å². The number of anilines is 4. The van der Waals surface area contributed by atoms with Crippen LogP contribution in [0.2, 0.25) is 0 Å². The third-order valence-electron chi connectivity index (χ3n) is 18.0. The summed E-state index contributed by atoms with van der Waals surface area (Å²) in [4.78, 5) is 41.6. The van der Waals surface area contributed by atoms with Crippen LogP contribution >= 0.6 is 0 Å². The normalized spacial score (nSPS) is 28.0. The molecule has 3 saturated heterocycles. The summed E-state index contributed by atoms with van der Waals surface area (Å²) < 4.78 is 49.6. The van der Waals surface area contributed by atoms with Crippen LogP contribution in [-0.2, 0) is 14.8 Å². The van der Waals surface area contributed by atoms with E-state index in [9.17, 15) is 28.4 Å². The molecule has 0 unspecified atom stereocenters. The van der Waals surface area contributed by atoms with Gasteiger partial charge in [0.15, 0.2) is 11.4 Å². The monoisotopic (exact) mass is 1010 g/mol. The molecule has 7 heterocycles. The number of nitrogens with one attached hydrogen (secondary N) is 3. The van der Waals surface area contributed by atoms with E-state index in [1.54, 1.807) is 17.2 Å². The van der Waals surface area contributed by atoms with Crippen molar-refractivity contribution in [3.63, 3.8) is 0 Å². The van der Waals surface area contributed by atoms with Crippen LogP contribution in [0.25, 0.3) is 11.0 Å². The molecule has 1 amide bonds. The number of carbonyl (C=O) groups excluding carboxylic acids is 1. The molecule has 73 heavy (non-hydrogen) atoms. The number of rotatable bonds is 10. The average Bonchev–Trinajstić information content (AvgIpc) is 3.72. The molecule has 18 heteroatoms. The molecule has 5 aromatic rings. The van der Waals surface area contributed by atoms with Crippen LogP contribution in [0.4, 0.5) is 28.4 Å². The van der Waals surface area contributed by atoms with Crippen molar-refractivity contribution in [2.45, 2.75) is 125 Å². The SMILES string of the molecule is CC1(O)CCC([C@@H]2COc3cc(S(=O)(=O)NC(=O)c4ccc(N5CCC6(CC5)CC(N5CCC[C@H]5c5ccccc5C5CC5)C6)cc4N4C[C@@H]5COC[C@H]5Oc5nc6[nH]ccc6cc54)cc([N+](=O)[O-])c3N2)CC1. The molecule has 3 aromatic carbocycles. The topological polar surface area (TPSA) is 205 Å². The minimum absolute atomic E-state index is 0.0137. The Labute approximate surface area is 425 Å². The quantitative estimate of drug-likeness (QED) is 0.0764. The molecule has 0 radical (unpaired) electrons. The van der Waals surface area contributed by atoms with Gasteiger partial charge in [-0.15, -0.1) is 0 Å². The summed E-state index contributed by atoms with van der Waals surface area (Å²) in [5.41, 5.74) is 5.08. The number of pyridine rings is 1. The molecule has 2 aromatic heterocycles. The largest absolute Gasteiger partial charge is 0.489 e. The Morgan fingerprint density at radius 3 is 2.48 bits per heavy atom. The van der Waals surface area contributed by atoms with Crippen LogP contribution in [0.15, 0.2) is 77.8 Å². The number of amides is 1.